The Bertz CT molecular complexity index is 857. The van der Waals surface area contributed by atoms with Gasteiger partial charge in [-0.2, -0.15) is 0 Å². The molecule has 4 heteroatoms. The first-order chi connectivity index (χ1) is 13.1. The third-order valence-corrected chi connectivity index (χ3v) is 5.24. The first kappa shape index (κ1) is 19.2. The third-order valence-electron chi connectivity index (χ3n) is 4.91. The van der Waals surface area contributed by atoms with Gasteiger partial charge in [0, 0.05) is 18.5 Å². The number of nitrogens with zero attached hydrogens (tertiary/aromatic N) is 1. The van der Waals surface area contributed by atoms with Crippen LogP contribution in [0.3, 0.4) is 0 Å². The van der Waals surface area contributed by atoms with Crippen molar-refractivity contribution in [1.29, 1.82) is 0 Å². The standard InChI is InChI=1S/C23H22ClNO2/c1-25(27-2)22(26)17-23(18-11-5-3-6-12-18,19-13-7-4-8-14-19)20-15-9-10-16-21(20)24/h3-16H,17H2,1-2H3. The number of amides is 1. The van der Waals surface area contributed by atoms with E-state index in [9.17, 15) is 4.79 Å². The van der Waals surface area contributed by atoms with Crippen molar-refractivity contribution in [2.75, 3.05) is 14.2 Å². The SMILES string of the molecule is CON(C)C(=O)CC(c1ccccc1)(c1ccccc1)c1ccccc1Cl. The average molecular weight is 380 g/mol. The maximum Gasteiger partial charge on any atom is 0.247 e. The number of halogens is 1. The van der Waals surface area contributed by atoms with Gasteiger partial charge in [-0.3, -0.25) is 9.63 Å². The van der Waals surface area contributed by atoms with Crippen LogP contribution in [0, 0.1) is 0 Å². The van der Waals surface area contributed by atoms with Crippen LogP contribution in [0.25, 0.3) is 0 Å². The summed E-state index contributed by atoms with van der Waals surface area (Å²) in [5.41, 5.74) is 2.16. The largest absolute Gasteiger partial charge is 0.275 e. The molecule has 27 heavy (non-hydrogen) atoms. The van der Waals surface area contributed by atoms with Crippen LogP contribution < -0.4 is 0 Å². The van der Waals surface area contributed by atoms with Gasteiger partial charge in [-0.25, -0.2) is 5.06 Å². The van der Waals surface area contributed by atoms with Crippen molar-refractivity contribution < 1.29 is 9.63 Å². The molecule has 0 aliphatic carbocycles. The Hall–Kier alpha value is -2.62. The fourth-order valence-electron chi connectivity index (χ4n) is 3.47. The van der Waals surface area contributed by atoms with Gasteiger partial charge in [0.2, 0.25) is 5.91 Å². The van der Waals surface area contributed by atoms with Gasteiger partial charge in [0.1, 0.15) is 0 Å². The highest BCUT2D eigenvalue weighted by Crippen LogP contribution is 2.45. The summed E-state index contributed by atoms with van der Waals surface area (Å²) in [4.78, 5) is 18.1. The number of carbonyl (C=O) groups is 1. The zero-order valence-electron chi connectivity index (χ0n) is 15.4. The Morgan fingerprint density at radius 3 is 1.85 bits per heavy atom. The molecule has 0 aliphatic heterocycles. The number of rotatable bonds is 6. The van der Waals surface area contributed by atoms with Crippen molar-refractivity contribution in [2.45, 2.75) is 11.8 Å². The molecule has 0 aromatic heterocycles. The molecule has 3 nitrogen and oxygen atoms in total. The number of benzene rings is 3. The van der Waals surface area contributed by atoms with Gasteiger partial charge in [-0.05, 0) is 22.8 Å². The van der Waals surface area contributed by atoms with E-state index in [4.69, 9.17) is 16.4 Å². The third kappa shape index (κ3) is 3.75. The van der Waals surface area contributed by atoms with Crippen LogP contribution in [-0.2, 0) is 15.0 Å². The van der Waals surface area contributed by atoms with Crippen molar-refractivity contribution in [3.05, 3.63) is 107 Å². The maximum atomic E-state index is 13.0. The second-order valence-corrected chi connectivity index (χ2v) is 6.77. The summed E-state index contributed by atoms with van der Waals surface area (Å²) in [6.45, 7) is 0. The smallest absolute Gasteiger partial charge is 0.247 e. The Kier molecular flexibility index (Phi) is 5.94. The van der Waals surface area contributed by atoms with E-state index in [0.29, 0.717) is 5.02 Å². The van der Waals surface area contributed by atoms with E-state index >= 15 is 0 Å². The zero-order chi connectivity index (χ0) is 19.3. The van der Waals surface area contributed by atoms with Crippen LogP contribution in [0.15, 0.2) is 84.9 Å². The lowest BCUT2D eigenvalue weighted by Crippen LogP contribution is -2.37. The quantitative estimate of drug-likeness (QED) is 0.441. The van der Waals surface area contributed by atoms with Crippen molar-refractivity contribution in [1.82, 2.24) is 5.06 Å². The number of hydrogen-bond acceptors (Lipinski definition) is 2. The fraction of sp³-hybridized carbons (Fsp3) is 0.174. The molecule has 3 aromatic carbocycles. The number of carbonyl (C=O) groups excluding carboxylic acids is 1. The lowest BCUT2D eigenvalue weighted by Gasteiger charge is -2.37. The van der Waals surface area contributed by atoms with Crippen LogP contribution >= 0.6 is 11.6 Å². The molecule has 0 radical (unpaired) electrons. The molecule has 0 heterocycles. The highest BCUT2D eigenvalue weighted by atomic mass is 35.5. The van der Waals surface area contributed by atoms with Gasteiger partial charge in [0.15, 0.2) is 0 Å². The molecular formula is C23H22ClNO2. The van der Waals surface area contributed by atoms with E-state index in [1.807, 2.05) is 84.9 Å². The second kappa shape index (κ2) is 8.38. The molecule has 3 aromatic rings. The van der Waals surface area contributed by atoms with Crippen molar-refractivity contribution in [3.63, 3.8) is 0 Å². The fourth-order valence-corrected chi connectivity index (χ4v) is 3.77. The predicted octanol–water partition coefficient (Wildman–Crippen LogP) is 5.08. The maximum absolute atomic E-state index is 13.0. The minimum atomic E-state index is -0.731. The van der Waals surface area contributed by atoms with Crippen LogP contribution in [0.4, 0.5) is 0 Å². The summed E-state index contributed by atoms with van der Waals surface area (Å²) in [6, 6.07) is 27.7. The highest BCUT2D eigenvalue weighted by Gasteiger charge is 2.40. The van der Waals surface area contributed by atoms with Gasteiger partial charge in [-0.1, -0.05) is 90.5 Å². The molecular weight excluding hydrogens is 358 g/mol. The summed E-state index contributed by atoms with van der Waals surface area (Å²) >= 11 is 6.65. The van der Waals surface area contributed by atoms with E-state index in [0.717, 1.165) is 16.7 Å². The summed E-state index contributed by atoms with van der Waals surface area (Å²) in [7, 11) is 3.11. The Balaban J connectivity index is 2.32. The molecule has 0 N–H and O–H groups in total. The second-order valence-electron chi connectivity index (χ2n) is 6.37. The van der Waals surface area contributed by atoms with Gasteiger partial charge in [-0.15, -0.1) is 0 Å². The topological polar surface area (TPSA) is 29.5 Å². The lowest BCUT2D eigenvalue weighted by molar-refractivity contribution is -0.169. The normalized spacial score (nSPS) is 11.2. The molecule has 0 bridgehead atoms. The van der Waals surface area contributed by atoms with Gasteiger partial charge < -0.3 is 0 Å². The summed E-state index contributed by atoms with van der Waals surface area (Å²) in [5.74, 6) is -0.134. The summed E-state index contributed by atoms with van der Waals surface area (Å²) in [5, 5.41) is 1.88. The summed E-state index contributed by atoms with van der Waals surface area (Å²) in [6.07, 6.45) is 0.190. The average Bonchev–Trinajstić information content (AvgIpc) is 2.73. The van der Waals surface area contributed by atoms with E-state index < -0.39 is 5.41 Å². The molecule has 0 saturated carbocycles. The molecule has 0 aliphatic rings. The van der Waals surface area contributed by atoms with Crippen LogP contribution in [0.1, 0.15) is 23.1 Å². The van der Waals surface area contributed by atoms with Crippen LogP contribution in [0.5, 0.6) is 0 Å². The lowest BCUT2D eigenvalue weighted by atomic mass is 9.67. The first-order valence-corrected chi connectivity index (χ1v) is 9.14. The molecule has 1 amide bonds. The van der Waals surface area contributed by atoms with E-state index in [2.05, 4.69) is 0 Å². The van der Waals surface area contributed by atoms with E-state index in [1.165, 1.54) is 12.2 Å². The van der Waals surface area contributed by atoms with Gasteiger partial charge in [0.05, 0.1) is 12.5 Å². The Morgan fingerprint density at radius 2 is 1.37 bits per heavy atom. The first-order valence-electron chi connectivity index (χ1n) is 8.76. The summed E-state index contributed by atoms with van der Waals surface area (Å²) < 4.78 is 0. The van der Waals surface area contributed by atoms with Crippen LogP contribution in [0.2, 0.25) is 5.02 Å². The molecule has 3 rings (SSSR count). The van der Waals surface area contributed by atoms with Crippen LogP contribution in [-0.4, -0.2) is 25.1 Å². The van der Waals surface area contributed by atoms with Crippen molar-refractivity contribution in [2.24, 2.45) is 0 Å². The van der Waals surface area contributed by atoms with E-state index in [-0.39, 0.29) is 12.3 Å². The minimum absolute atomic E-state index is 0.134. The van der Waals surface area contributed by atoms with Gasteiger partial charge in [0.25, 0.3) is 0 Å². The molecule has 0 atom stereocenters. The van der Waals surface area contributed by atoms with Crippen molar-refractivity contribution in [3.8, 4) is 0 Å². The molecule has 0 spiro atoms. The van der Waals surface area contributed by atoms with Crippen molar-refractivity contribution >= 4 is 17.5 Å². The van der Waals surface area contributed by atoms with Gasteiger partial charge >= 0.3 is 0 Å². The molecule has 138 valence electrons. The molecule has 0 unspecified atom stereocenters. The number of hydrogen-bond donors (Lipinski definition) is 0. The number of hydroxylamine groups is 2. The van der Waals surface area contributed by atoms with E-state index in [1.54, 1.807) is 7.05 Å². The highest BCUT2D eigenvalue weighted by molar-refractivity contribution is 6.31. The predicted molar refractivity (Wildman–Crippen MR) is 109 cm³/mol. The zero-order valence-corrected chi connectivity index (χ0v) is 16.2. The Labute approximate surface area is 165 Å². The Morgan fingerprint density at radius 1 is 0.889 bits per heavy atom. The minimum Gasteiger partial charge on any atom is -0.275 e. The monoisotopic (exact) mass is 379 g/mol. The molecule has 0 saturated heterocycles. The molecule has 0 fully saturated rings.